The minimum atomic E-state index is 0.268. The van der Waals surface area contributed by atoms with Gasteiger partial charge in [0.1, 0.15) is 12.2 Å². The Hall–Kier alpha value is -0.940. The quantitative estimate of drug-likeness (QED) is 0.700. The van der Waals surface area contributed by atoms with Gasteiger partial charge in [0.25, 0.3) is 0 Å². The van der Waals surface area contributed by atoms with Gasteiger partial charge in [0.05, 0.1) is 6.54 Å². The van der Waals surface area contributed by atoms with Crippen LogP contribution in [0.3, 0.4) is 0 Å². The van der Waals surface area contributed by atoms with E-state index in [-0.39, 0.29) is 6.61 Å². The summed E-state index contributed by atoms with van der Waals surface area (Å²) in [5.41, 5.74) is 0. The molecule has 18 heavy (non-hydrogen) atoms. The zero-order valence-electron chi connectivity index (χ0n) is 11.8. The van der Waals surface area contributed by atoms with Crippen molar-refractivity contribution in [1.82, 2.24) is 20.1 Å². The predicted molar refractivity (Wildman–Crippen MR) is 72.1 cm³/mol. The lowest BCUT2D eigenvalue weighted by Gasteiger charge is -2.14. The number of hydrogen-bond acceptors (Lipinski definition) is 4. The van der Waals surface area contributed by atoms with Gasteiger partial charge in [-0.05, 0) is 24.8 Å². The molecule has 0 aromatic carbocycles. The molecule has 1 aromatic heterocycles. The molecule has 104 valence electrons. The first-order valence-corrected chi connectivity index (χ1v) is 6.85. The van der Waals surface area contributed by atoms with Crippen molar-refractivity contribution in [3.8, 4) is 0 Å². The van der Waals surface area contributed by atoms with E-state index in [1.807, 2.05) is 4.68 Å². The molecule has 0 bridgehead atoms. The van der Waals surface area contributed by atoms with Crippen molar-refractivity contribution in [3.05, 3.63) is 12.2 Å². The van der Waals surface area contributed by atoms with E-state index in [4.69, 9.17) is 5.11 Å². The smallest absolute Gasteiger partial charge is 0.140 e. The maximum atomic E-state index is 8.94. The van der Waals surface area contributed by atoms with E-state index in [2.05, 4.69) is 36.2 Å². The number of aliphatic hydroxyl groups excluding tert-OH is 1. The van der Waals surface area contributed by atoms with Crippen molar-refractivity contribution in [1.29, 1.82) is 0 Å². The van der Waals surface area contributed by atoms with Crippen molar-refractivity contribution in [2.75, 3.05) is 13.2 Å². The van der Waals surface area contributed by atoms with Crippen LogP contribution in [0.4, 0.5) is 0 Å². The maximum absolute atomic E-state index is 8.94. The molecule has 1 atom stereocenters. The first kappa shape index (κ1) is 15.1. The van der Waals surface area contributed by atoms with Crippen LogP contribution in [0.2, 0.25) is 0 Å². The summed E-state index contributed by atoms with van der Waals surface area (Å²) in [5.74, 6) is 2.10. The molecule has 0 aliphatic rings. The Morgan fingerprint density at radius 1 is 1.44 bits per heavy atom. The molecular formula is C13H26N4O. The van der Waals surface area contributed by atoms with Crippen LogP contribution in [0.25, 0.3) is 0 Å². The van der Waals surface area contributed by atoms with Gasteiger partial charge in [-0.3, -0.25) is 0 Å². The molecule has 1 aromatic rings. The van der Waals surface area contributed by atoms with E-state index in [0.717, 1.165) is 38.3 Å². The molecule has 0 radical (unpaired) electrons. The fraction of sp³-hybridized carbons (Fsp3) is 0.846. The Morgan fingerprint density at radius 2 is 2.22 bits per heavy atom. The van der Waals surface area contributed by atoms with Crippen LogP contribution in [0.5, 0.6) is 0 Å². The van der Waals surface area contributed by atoms with Gasteiger partial charge in [-0.1, -0.05) is 27.2 Å². The third kappa shape index (κ3) is 5.14. The van der Waals surface area contributed by atoms with E-state index in [0.29, 0.717) is 11.8 Å². The highest BCUT2D eigenvalue weighted by Gasteiger charge is 2.08. The zero-order valence-corrected chi connectivity index (χ0v) is 11.8. The van der Waals surface area contributed by atoms with Gasteiger partial charge in [-0.25, -0.2) is 9.67 Å². The SMILES string of the molecule is CCC(CCO)CNCc1ncnn1CC(C)C. The lowest BCUT2D eigenvalue weighted by atomic mass is 10.0. The first-order chi connectivity index (χ1) is 8.67. The molecule has 0 fully saturated rings. The largest absolute Gasteiger partial charge is 0.396 e. The molecule has 5 nitrogen and oxygen atoms in total. The molecule has 5 heteroatoms. The lowest BCUT2D eigenvalue weighted by molar-refractivity contribution is 0.251. The molecule has 0 saturated carbocycles. The average Bonchev–Trinajstić information content (AvgIpc) is 2.74. The highest BCUT2D eigenvalue weighted by atomic mass is 16.3. The van der Waals surface area contributed by atoms with E-state index < -0.39 is 0 Å². The second kappa shape index (κ2) is 8.21. The monoisotopic (exact) mass is 254 g/mol. The molecule has 0 amide bonds. The number of nitrogens with one attached hydrogen (secondary N) is 1. The second-order valence-corrected chi connectivity index (χ2v) is 5.17. The maximum Gasteiger partial charge on any atom is 0.140 e. The molecule has 0 aliphatic heterocycles. The van der Waals surface area contributed by atoms with Gasteiger partial charge in [0.15, 0.2) is 0 Å². The van der Waals surface area contributed by atoms with Crippen LogP contribution in [-0.4, -0.2) is 33.0 Å². The fourth-order valence-corrected chi connectivity index (χ4v) is 1.94. The summed E-state index contributed by atoms with van der Waals surface area (Å²) in [6, 6.07) is 0. The molecule has 2 N–H and O–H groups in total. The van der Waals surface area contributed by atoms with Crippen molar-refractivity contribution in [3.63, 3.8) is 0 Å². The van der Waals surface area contributed by atoms with Crippen LogP contribution < -0.4 is 5.32 Å². The number of rotatable bonds is 9. The highest BCUT2D eigenvalue weighted by Crippen LogP contribution is 2.06. The van der Waals surface area contributed by atoms with Crippen LogP contribution in [-0.2, 0) is 13.1 Å². The van der Waals surface area contributed by atoms with Crippen LogP contribution >= 0.6 is 0 Å². The first-order valence-electron chi connectivity index (χ1n) is 6.85. The van der Waals surface area contributed by atoms with Crippen molar-refractivity contribution in [2.24, 2.45) is 11.8 Å². The summed E-state index contributed by atoms with van der Waals surface area (Å²) in [6.45, 7) is 9.35. The standard InChI is InChI=1S/C13H26N4O/c1-4-12(5-6-18)7-14-8-13-15-10-16-17(13)9-11(2)3/h10-12,14,18H,4-9H2,1-3H3. The van der Waals surface area contributed by atoms with Crippen molar-refractivity contribution >= 4 is 0 Å². The Bertz CT molecular complexity index is 325. The Kier molecular flexibility index (Phi) is 6.90. The van der Waals surface area contributed by atoms with Crippen LogP contribution in [0.1, 0.15) is 39.4 Å². The topological polar surface area (TPSA) is 63.0 Å². The number of aromatic nitrogens is 3. The minimum absolute atomic E-state index is 0.268. The molecule has 0 saturated heterocycles. The summed E-state index contributed by atoms with van der Waals surface area (Å²) in [5, 5.41) is 16.6. The van der Waals surface area contributed by atoms with Gasteiger partial charge in [0, 0.05) is 13.2 Å². The van der Waals surface area contributed by atoms with E-state index in [9.17, 15) is 0 Å². The highest BCUT2D eigenvalue weighted by molar-refractivity contribution is 4.84. The third-order valence-corrected chi connectivity index (χ3v) is 3.06. The third-order valence-electron chi connectivity index (χ3n) is 3.06. The van der Waals surface area contributed by atoms with E-state index >= 15 is 0 Å². The van der Waals surface area contributed by atoms with E-state index in [1.54, 1.807) is 6.33 Å². The number of hydrogen-bond donors (Lipinski definition) is 2. The number of nitrogens with zero attached hydrogens (tertiary/aromatic N) is 3. The van der Waals surface area contributed by atoms with Gasteiger partial charge < -0.3 is 10.4 Å². The molecule has 1 heterocycles. The lowest BCUT2D eigenvalue weighted by Crippen LogP contribution is -2.25. The van der Waals surface area contributed by atoms with Crippen LogP contribution in [0, 0.1) is 11.8 Å². The summed E-state index contributed by atoms with van der Waals surface area (Å²) in [7, 11) is 0. The Balaban J connectivity index is 2.36. The second-order valence-electron chi connectivity index (χ2n) is 5.17. The minimum Gasteiger partial charge on any atom is -0.396 e. The Labute approximate surface area is 110 Å². The van der Waals surface area contributed by atoms with Crippen molar-refractivity contribution < 1.29 is 5.11 Å². The van der Waals surface area contributed by atoms with Gasteiger partial charge in [-0.2, -0.15) is 5.10 Å². The molecule has 0 aliphatic carbocycles. The summed E-state index contributed by atoms with van der Waals surface area (Å²) < 4.78 is 1.96. The molecule has 1 rings (SSSR count). The normalized spacial score (nSPS) is 13.2. The predicted octanol–water partition coefficient (Wildman–Crippen LogP) is 1.43. The average molecular weight is 254 g/mol. The van der Waals surface area contributed by atoms with Gasteiger partial charge in [0.2, 0.25) is 0 Å². The van der Waals surface area contributed by atoms with Gasteiger partial charge in [-0.15, -0.1) is 0 Å². The summed E-state index contributed by atoms with van der Waals surface area (Å²) in [4.78, 5) is 4.28. The molecule has 0 spiro atoms. The van der Waals surface area contributed by atoms with Crippen LogP contribution in [0.15, 0.2) is 6.33 Å². The van der Waals surface area contributed by atoms with Crippen molar-refractivity contribution in [2.45, 2.75) is 46.7 Å². The summed E-state index contributed by atoms with van der Waals surface area (Å²) in [6.07, 6.45) is 3.57. The van der Waals surface area contributed by atoms with E-state index in [1.165, 1.54) is 0 Å². The number of aliphatic hydroxyl groups is 1. The Morgan fingerprint density at radius 3 is 2.83 bits per heavy atom. The zero-order chi connectivity index (χ0) is 13.4. The molecule has 1 unspecified atom stereocenters. The van der Waals surface area contributed by atoms with Gasteiger partial charge >= 0.3 is 0 Å². The fourth-order valence-electron chi connectivity index (χ4n) is 1.94. The summed E-state index contributed by atoms with van der Waals surface area (Å²) >= 11 is 0. The molecular weight excluding hydrogens is 228 g/mol.